The number of fused-ring (bicyclic) bond motifs is 1. The maximum atomic E-state index is 12.2. The van der Waals surface area contributed by atoms with Crippen LogP contribution in [0, 0.1) is 25.2 Å². The molecule has 0 radical (unpaired) electrons. The molecule has 4 aromatic rings. The molecule has 0 aliphatic rings. The van der Waals surface area contributed by atoms with Crippen LogP contribution in [0.15, 0.2) is 46.2 Å². The molecule has 2 heterocycles. The largest absolute Gasteiger partial charge is 0.457 e. The Bertz CT molecular complexity index is 1510. The highest BCUT2D eigenvalue weighted by Gasteiger charge is 2.14. The van der Waals surface area contributed by atoms with Gasteiger partial charge in [-0.2, -0.15) is 9.94 Å². The second-order valence-electron chi connectivity index (χ2n) is 8.26. The van der Waals surface area contributed by atoms with Gasteiger partial charge in [0.25, 0.3) is 5.56 Å². The van der Waals surface area contributed by atoms with Crippen LogP contribution in [-0.2, 0) is 6.54 Å². The summed E-state index contributed by atoms with van der Waals surface area (Å²) in [4.78, 5) is 32.9. The molecule has 0 fully saturated rings. The van der Waals surface area contributed by atoms with Gasteiger partial charge in [-0.25, -0.2) is 9.78 Å². The number of nitriles is 1. The Morgan fingerprint density at radius 2 is 1.83 bits per heavy atom. The van der Waals surface area contributed by atoms with Gasteiger partial charge in [-0.05, 0) is 62.3 Å². The third-order valence-corrected chi connectivity index (χ3v) is 5.99. The van der Waals surface area contributed by atoms with Gasteiger partial charge in [0.2, 0.25) is 5.69 Å². The van der Waals surface area contributed by atoms with Crippen molar-refractivity contribution in [3.05, 3.63) is 74.3 Å². The molecule has 10 nitrogen and oxygen atoms in total. The number of aromatic amines is 1. The van der Waals surface area contributed by atoms with Crippen LogP contribution in [0.1, 0.15) is 30.7 Å². The highest BCUT2D eigenvalue weighted by atomic mass is 16.5. The van der Waals surface area contributed by atoms with Crippen molar-refractivity contribution in [3.63, 3.8) is 0 Å². The van der Waals surface area contributed by atoms with Crippen molar-refractivity contribution < 1.29 is 4.74 Å². The van der Waals surface area contributed by atoms with E-state index in [0.29, 0.717) is 17.2 Å². The van der Waals surface area contributed by atoms with Gasteiger partial charge in [-0.3, -0.25) is 9.78 Å². The van der Waals surface area contributed by atoms with Crippen molar-refractivity contribution >= 4 is 11.0 Å². The van der Waals surface area contributed by atoms with E-state index in [1.54, 1.807) is 18.2 Å². The zero-order valence-electron chi connectivity index (χ0n) is 20.2. The zero-order chi connectivity index (χ0) is 25.1. The van der Waals surface area contributed by atoms with Gasteiger partial charge in [0.05, 0.1) is 23.0 Å². The molecule has 0 saturated heterocycles. The van der Waals surface area contributed by atoms with E-state index < -0.39 is 11.2 Å². The number of nitrogens with one attached hydrogen (secondary N) is 1. The van der Waals surface area contributed by atoms with Crippen LogP contribution in [0.2, 0.25) is 0 Å². The van der Waals surface area contributed by atoms with Crippen LogP contribution in [0.25, 0.3) is 16.7 Å². The second-order valence-corrected chi connectivity index (χ2v) is 8.26. The number of rotatable bonds is 8. The van der Waals surface area contributed by atoms with E-state index in [2.05, 4.69) is 38.4 Å². The van der Waals surface area contributed by atoms with Crippen molar-refractivity contribution in [1.82, 2.24) is 29.2 Å². The fourth-order valence-electron chi connectivity index (χ4n) is 4.05. The average molecular weight is 474 g/mol. The van der Waals surface area contributed by atoms with Crippen LogP contribution in [-0.4, -0.2) is 48.8 Å². The van der Waals surface area contributed by atoms with Gasteiger partial charge in [0.1, 0.15) is 17.6 Å². The highest BCUT2D eigenvalue weighted by molar-refractivity contribution is 5.77. The van der Waals surface area contributed by atoms with E-state index in [1.165, 1.54) is 0 Å². The number of aryl methyl sites for hydroxylation is 2. The van der Waals surface area contributed by atoms with Gasteiger partial charge in [-0.15, -0.1) is 5.10 Å². The molecule has 10 heteroatoms. The predicted molar refractivity (Wildman–Crippen MR) is 132 cm³/mol. The molecule has 0 aliphatic heterocycles. The van der Waals surface area contributed by atoms with Crippen LogP contribution >= 0.6 is 0 Å². The fraction of sp³-hybridized carbons (Fsp3) is 0.320. The molecule has 0 atom stereocenters. The molecule has 0 bridgehead atoms. The summed E-state index contributed by atoms with van der Waals surface area (Å²) in [6.45, 7) is 11.9. The molecule has 0 saturated carbocycles. The number of aromatic nitrogens is 5. The van der Waals surface area contributed by atoms with Crippen molar-refractivity contribution in [3.8, 4) is 23.3 Å². The van der Waals surface area contributed by atoms with Gasteiger partial charge in [-0.1, -0.05) is 13.8 Å². The van der Waals surface area contributed by atoms with Crippen LogP contribution < -0.4 is 16.0 Å². The van der Waals surface area contributed by atoms with Gasteiger partial charge >= 0.3 is 5.69 Å². The maximum Gasteiger partial charge on any atom is 0.349 e. The Balaban J connectivity index is 1.60. The lowest BCUT2D eigenvalue weighted by Gasteiger charge is -2.18. The first-order valence-electron chi connectivity index (χ1n) is 11.4. The summed E-state index contributed by atoms with van der Waals surface area (Å²) in [6.07, 6.45) is 1.85. The Labute approximate surface area is 202 Å². The molecular weight excluding hydrogens is 446 g/mol. The normalized spacial score (nSPS) is 11.2. The summed E-state index contributed by atoms with van der Waals surface area (Å²) in [7, 11) is 0. The Morgan fingerprint density at radius 1 is 1.11 bits per heavy atom. The minimum Gasteiger partial charge on any atom is -0.457 e. The predicted octanol–water partition coefficient (Wildman–Crippen LogP) is 2.89. The molecule has 4 rings (SSSR count). The van der Waals surface area contributed by atoms with Crippen molar-refractivity contribution in [1.29, 1.82) is 5.26 Å². The molecule has 2 aromatic carbocycles. The lowest BCUT2D eigenvalue weighted by Crippen LogP contribution is -2.33. The molecule has 180 valence electrons. The first kappa shape index (κ1) is 23.9. The number of hydrogen-bond donors (Lipinski definition) is 1. The third kappa shape index (κ3) is 4.85. The molecule has 0 spiro atoms. The van der Waals surface area contributed by atoms with E-state index in [9.17, 15) is 9.59 Å². The molecule has 1 N–H and O–H groups in total. The Morgan fingerprint density at radius 3 is 2.49 bits per heavy atom. The minimum atomic E-state index is -0.812. The third-order valence-electron chi connectivity index (χ3n) is 5.99. The molecule has 2 aromatic heterocycles. The Kier molecular flexibility index (Phi) is 6.80. The second kappa shape index (κ2) is 9.95. The highest BCUT2D eigenvalue weighted by Crippen LogP contribution is 2.32. The summed E-state index contributed by atoms with van der Waals surface area (Å²) in [5, 5.41) is 12.9. The lowest BCUT2D eigenvalue weighted by atomic mass is 10.1. The van der Waals surface area contributed by atoms with E-state index in [0.717, 1.165) is 53.0 Å². The average Bonchev–Trinajstić information content (AvgIpc) is 3.24. The number of hydrogen-bond acceptors (Lipinski definition) is 7. The molecule has 35 heavy (non-hydrogen) atoms. The minimum absolute atomic E-state index is 0.384. The number of imidazole rings is 1. The summed E-state index contributed by atoms with van der Waals surface area (Å²) < 4.78 is 9.35. The van der Waals surface area contributed by atoms with E-state index in [1.807, 2.05) is 38.4 Å². The number of nitrogens with zero attached hydrogens (tertiary/aromatic N) is 6. The van der Waals surface area contributed by atoms with Gasteiger partial charge < -0.3 is 14.2 Å². The number of benzene rings is 2. The summed E-state index contributed by atoms with van der Waals surface area (Å²) in [6, 6.07) is 11.0. The molecule has 0 unspecified atom stereocenters. The summed E-state index contributed by atoms with van der Waals surface area (Å²) >= 11 is 0. The molecular formula is C25H27N7O3. The molecule has 0 aliphatic carbocycles. The number of likely N-dealkylation sites (N-methyl/N-ethyl adjacent to an activating group) is 1. The topological polar surface area (TPSA) is 122 Å². The fourth-order valence-corrected chi connectivity index (χ4v) is 4.05. The maximum absolute atomic E-state index is 12.2. The lowest BCUT2D eigenvalue weighted by molar-refractivity contribution is 0.292. The smallest absolute Gasteiger partial charge is 0.349 e. The standard InChI is InChI=1S/C25H27N7O3/c1-5-30(6-2)9-10-31-15-27-20-13-19(7-8-22(20)31)35-23-16(3)11-18(12-17(23)4)32-25(34)28-24(33)21(14-26)29-32/h7-8,11-13,15H,5-6,9-10H2,1-4H3,(H,28,33,34). The van der Waals surface area contributed by atoms with Crippen LogP contribution in [0.5, 0.6) is 11.5 Å². The van der Waals surface area contributed by atoms with E-state index in [-0.39, 0.29) is 5.69 Å². The van der Waals surface area contributed by atoms with Gasteiger partial charge in [0.15, 0.2) is 0 Å². The summed E-state index contributed by atoms with van der Waals surface area (Å²) in [5.74, 6) is 1.29. The first-order chi connectivity index (χ1) is 16.8. The van der Waals surface area contributed by atoms with Crippen molar-refractivity contribution in [2.75, 3.05) is 19.6 Å². The quantitative estimate of drug-likeness (QED) is 0.417. The Hall–Kier alpha value is -4.23. The SMILES string of the molecule is CCN(CC)CCn1cnc2cc(Oc3c(C)cc(-n4nc(C#N)c(=O)[nH]c4=O)cc3C)ccc21. The first-order valence-corrected chi connectivity index (χ1v) is 11.4. The number of H-pyrrole nitrogens is 1. The van der Waals surface area contributed by atoms with E-state index in [4.69, 9.17) is 10.00 Å². The summed E-state index contributed by atoms with van der Waals surface area (Å²) in [5.41, 5.74) is 1.94. The number of ether oxygens (including phenoxy) is 1. The van der Waals surface area contributed by atoms with Gasteiger partial charge in [0, 0.05) is 19.2 Å². The van der Waals surface area contributed by atoms with Crippen molar-refractivity contribution in [2.24, 2.45) is 0 Å². The van der Waals surface area contributed by atoms with Crippen LogP contribution in [0.4, 0.5) is 0 Å². The van der Waals surface area contributed by atoms with Crippen molar-refractivity contribution in [2.45, 2.75) is 34.2 Å². The van der Waals surface area contributed by atoms with Crippen LogP contribution in [0.3, 0.4) is 0 Å². The van der Waals surface area contributed by atoms with E-state index >= 15 is 0 Å². The zero-order valence-corrected chi connectivity index (χ0v) is 20.2. The molecule has 0 amide bonds. The monoisotopic (exact) mass is 473 g/mol.